The summed E-state index contributed by atoms with van der Waals surface area (Å²) in [5, 5.41) is 7.53. The van der Waals surface area contributed by atoms with Crippen LogP contribution in [0.1, 0.15) is 29.2 Å². The molecule has 2 rings (SSSR count). The van der Waals surface area contributed by atoms with Gasteiger partial charge in [-0.1, -0.05) is 6.07 Å². The smallest absolute Gasteiger partial charge is 0.286 e. The Morgan fingerprint density at radius 2 is 1.84 bits per heavy atom. The van der Waals surface area contributed by atoms with Gasteiger partial charge in [0.1, 0.15) is 11.6 Å². The van der Waals surface area contributed by atoms with Gasteiger partial charge in [-0.3, -0.25) is 14.4 Å². The Morgan fingerprint density at radius 3 is 2.56 bits per heavy atom. The van der Waals surface area contributed by atoms with Crippen LogP contribution in [0.4, 0.5) is 10.1 Å². The third-order valence-electron chi connectivity index (χ3n) is 3.26. The Labute approximate surface area is 143 Å². The molecule has 0 aliphatic rings. The fraction of sp³-hybridized carbons (Fsp3) is 0.235. The van der Waals surface area contributed by atoms with Crippen LogP contribution in [0.3, 0.4) is 0 Å². The van der Waals surface area contributed by atoms with E-state index in [-0.39, 0.29) is 42.9 Å². The first kappa shape index (κ1) is 18.2. The average molecular weight is 347 g/mol. The molecule has 132 valence electrons. The molecule has 0 bridgehead atoms. The third kappa shape index (κ3) is 5.76. The maximum absolute atomic E-state index is 13.0. The third-order valence-corrected chi connectivity index (χ3v) is 3.26. The van der Waals surface area contributed by atoms with Crippen molar-refractivity contribution in [3.8, 4) is 0 Å². The number of halogens is 1. The van der Waals surface area contributed by atoms with Crippen LogP contribution in [0.25, 0.3) is 0 Å². The van der Waals surface area contributed by atoms with E-state index in [4.69, 9.17) is 4.42 Å². The SMILES string of the molecule is CNC(=O)c1ccc(CNC(=O)CCC(=O)Nc2cccc(F)c2)o1. The zero-order chi connectivity index (χ0) is 18.2. The molecule has 25 heavy (non-hydrogen) atoms. The normalized spacial score (nSPS) is 10.2. The first-order valence-electron chi connectivity index (χ1n) is 7.61. The van der Waals surface area contributed by atoms with Gasteiger partial charge in [0.2, 0.25) is 11.8 Å². The molecule has 3 N–H and O–H groups in total. The molecule has 0 fully saturated rings. The van der Waals surface area contributed by atoms with Gasteiger partial charge >= 0.3 is 0 Å². The fourth-order valence-electron chi connectivity index (χ4n) is 2.01. The second kappa shape index (κ2) is 8.62. The van der Waals surface area contributed by atoms with E-state index < -0.39 is 5.82 Å². The number of benzene rings is 1. The van der Waals surface area contributed by atoms with E-state index in [0.29, 0.717) is 11.4 Å². The van der Waals surface area contributed by atoms with Crippen LogP contribution < -0.4 is 16.0 Å². The van der Waals surface area contributed by atoms with Gasteiger partial charge in [0.15, 0.2) is 5.76 Å². The maximum Gasteiger partial charge on any atom is 0.286 e. The Balaban J connectivity index is 1.72. The molecule has 0 atom stereocenters. The highest BCUT2D eigenvalue weighted by Crippen LogP contribution is 2.10. The van der Waals surface area contributed by atoms with Crippen LogP contribution in [0.5, 0.6) is 0 Å². The molecule has 0 unspecified atom stereocenters. The van der Waals surface area contributed by atoms with Crippen molar-refractivity contribution >= 4 is 23.4 Å². The first-order valence-corrected chi connectivity index (χ1v) is 7.61. The molecular formula is C17H18FN3O4. The van der Waals surface area contributed by atoms with Crippen molar-refractivity contribution in [2.45, 2.75) is 19.4 Å². The summed E-state index contributed by atoms with van der Waals surface area (Å²) in [5.41, 5.74) is 0.336. The number of amides is 3. The van der Waals surface area contributed by atoms with Gasteiger partial charge < -0.3 is 20.4 Å². The van der Waals surface area contributed by atoms with Crippen molar-refractivity contribution in [3.63, 3.8) is 0 Å². The maximum atomic E-state index is 13.0. The lowest BCUT2D eigenvalue weighted by Gasteiger charge is -2.06. The molecule has 2 aromatic rings. The van der Waals surface area contributed by atoms with Crippen LogP contribution in [0.15, 0.2) is 40.8 Å². The lowest BCUT2D eigenvalue weighted by molar-refractivity contribution is -0.124. The van der Waals surface area contributed by atoms with Crippen molar-refractivity contribution in [1.29, 1.82) is 0 Å². The van der Waals surface area contributed by atoms with Crippen molar-refractivity contribution in [1.82, 2.24) is 10.6 Å². The number of anilines is 1. The van der Waals surface area contributed by atoms with E-state index in [1.165, 1.54) is 31.3 Å². The molecule has 8 heteroatoms. The molecule has 0 radical (unpaired) electrons. The van der Waals surface area contributed by atoms with Crippen molar-refractivity contribution in [3.05, 3.63) is 53.7 Å². The quantitative estimate of drug-likeness (QED) is 0.711. The Bertz CT molecular complexity index is 773. The van der Waals surface area contributed by atoms with Crippen LogP contribution >= 0.6 is 0 Å². The molecule has 3 amide bonds. The Hall–Kier alpha value is -3.16. The summed E-state index contributed by atoms with van der Waals surface area (Å²) >= 11 is 0. The molecule has 1 heterocycles. The minimum atomic E-state index is -0.454. The molecule has 0 spiro atoms. The molecule has 0 saturated heterocycles. The highest BCUT2D eigenvalue weighted by atomic mass is 19.1. The lowest BCUT2D eigenvalue weighted by atomic mass is 10.2. The molecule has 0 saturated carbocycles. The van der Waals surface area contributed by atoms with Gasteiger partial charge in [-0.25, -0.2) is 4.39 Å². The fourth-order valence-corrected chi connectivity index (χ4v) is 2.01. The summed E-state index contributed by atoms with van der Waals surface area (Å²) in [6, 6.07) is 8.59. The number of hydrogen-bond acceptors (Lipinski definition) is 4. The van der Waals surface area contributed by atoms with E-state index >= 15 is 0 Å². The average Bonchev–Trinajstić information content (AvgIpc) is 3.06. The number of carbonyl (C=O) groups excluding carboxylic acids is 3. The van der Waals surface area contributed by atoms with Crippen molar-refractivity contribution in [2.24, 2.45) is 0 Å². The summed E-state index contributed by atoms with van der Waals surface area (Å²) in [5.74, 6) is -0.956. The van der Waals surface area contributed by atoms with Gasteiger partial charge in [0, 0.05) is 25.6 Å². The topological polar surface area (TPSA) is 100 Å². The minimum absolute atomic E-state index is 0.0236. The molecule has 0 aliphatic carbocycles. The summed E-state index contributed by atoms with van der Waals surface area (Å²) in [4.78, 5) is 34.8. The van der Waals surface area contributed by atoms with Gasteiger partial charge in [-0.15, -0.1) is 0 Å². The predicted octanol–water partition coefficient (Wildman–Crippen LogP) is 1.81. The molecule has 1 aromatic heterocycles. The zero-order valence-corrected chi connectivity index (χ0v) is 13.6. The van der Waals surface area contributed by atoms with Gasteiger partial charge in [-0.2, -0.15) is 0 Å². The number of hydrogen-bond donors (Lipinski definition) is 3. The molecule has 1 aromatic carbocycles. The van der Waals surface area contributed by atoms with Crippen molar-refractivity contribution < 1.29 is 23.2 Å². The number of nitrogens with one attached hydrogen (secondary N) is 3. The minimum Gasteiger partial charge on any atom is -0.454 e. The zero-order valence-electron chi connectivity index (χ0n) is 13.6. The summed E-state index contributed by atoms with van der Waals surface area (Å²) in [7, 11) is 1.49. The van der Waals surface area contributed by atoms with E-state index in [1.807, 2.05) is 0 Å². The number of furan rings is 1. The predicted molar refractivity (Wildman–Crippen MR) is 88.2 cm³/mol. The van der Waals surface area contributed by atoms with Gasteiger partial charge in [0.25, 0.3) is 5.91 Å². The lowest BCUT2D eigenvalue weighted by Crippen LogP contribution is -2.24. The van der Waals surface area contributed by atoms with Gasteiger partial charge in [0.05, 0.1) is 6.54 Å². The second-order valence-corrected chi connectivity index (χ2v) is 5.18. The monoisotopic (exact) mass is 347 g/mol. The Kier molecular flexibility index (Phi) is 6.27. The molecular weight excluding hydrogens is 329 g/mol. The Morgan fingerprint density at radius 1 is 1.08 bits per heavy atom. The van der Waals surface area contributed by atoms with E-state index in [2.05, 4.69) is 16.0 Å². The van der Waals surface area contributed by atoms with Crippen LogP contribution in [-0.4, -0.2) is 24.8 Å². The van der Waals surface area contributed by atoms with Crippen LogP contribution in [-0.2, 0) is 16.1 Å². The van der Waals surface area contributed by atoms with Gasteiger partial charge in [-0.05, 0) is 30.3 Å². The summed E-state index contributed by atoms with van der Waals surface area (Å²) in [6.45, 7) is 0.112. The first-order chi connectivity index (χ1) is 12.0. The van der Waals surface area contributed by atoms with Crippen LogP contribution in [0, 0.1) is 5.82 Å². The molecule has 7 nitrogen and oxygen atoms in total. The van der Waals surface area contributed by atoms with E-state index in [9.17, 15) is 18.8 Å². The molecule has 0 aliphatic heterocycles. The number of carbonyl (C=O) groups is 3. The van der Waals surface area contributed by atoms with Crippen molar-refractivity contribution in [2.75, 3.05) is 12.4 Å². The number of rotatable bonds is 7. The second-order valence-electron chi connectivity index (χ2n) is 5.18. The standard InChI is InChI=1S/C17H18FN3O4/c1-19-17(24)14-6-5-13(25-14)10-20-15(22)7-8-16(23)21-12-4-2-3-11(18)9-12/h2-6,9H,7-8,10H2,1H3,(H,19,24)(H,20,22)(H,21,23). The highest BCUT2D eigenvalue weighted by molar-refractivity contribution is 5.93. The van der Waals surface area contributed by atoms with E-state index in [1.54, 1.807) is 12.1 Å². The van der Waals surface area contributed by atoms with E-state index in [0.717, 1.165) is 0 Å². The largest absolute Gasteiger partial charge is 0.454 e. The van der Waals surface area contributed by atoms with Crippen LogP contribution in [0.2, 0.25) is 0 Å². The highest BCUT2D eigenvalue weighted by Gasteiger charge is 2.11. The summed E-state index contributed by atoms with van der Waals surface area (Å²) in [6.07, 6.45) is -0.0614. The summed E-state index contributed by atoms with van der Waals surface area (Å²) < 4.78 is 18.3.